The van der Waals surface area contributed by atoms with Gasteiger partial charge in [0.05, 0.1) is 0 Å². The molecule has 1 amide bonds. The minimum Gasteiger partial charge on any atom is -0.356 e. The Morgan fingerprint density at radius 2 is 2.00 bits per heavy atom. The first-order valence-corrected chi connectivity index (χ1v) is 6.50. The molecule has 0 aromatic heterocycles. The molecule has 0 aromatic rings. The second kappa shape index (κ2) is 9.02. The zero-order valence-corrected chi connectivity index (χ0v) is 10.9. The van der Waals surface area contributed by atoms with E-state index in [0.717, 1.165) is 25.8 Å². The van der Waals surface area contributed by atoms with Crippen LogP contribution in [0.15, 0.2) is 0 Å². The van der Waals surface area contributed by atoms with Gasteiger partial charge in [-0.05, 0) is 18.3 Å². The molecule has 2 unspecified atom stereocenters. The highest BCUT2D eigenvalue weighted by Gasteiger charge is 2.10. The number of amides is 1. The third-order valence-corrected chi connectivity index (χ3v) is 3.13. The third kappa shape index (κ3) is 7.66. The summed E-state index contributed by atoms with van der Waals surface area (Å²) < 4.78 is 0. The lowest BCUT2D eigenvalue weighted by Gasteiger charge is -2.15. The molecule has 0 fully saturated rings. The lowest BCUT2D eigenvalue weighted by molar-refractivity contribution is -0.122. The van der Waals surface area contributed by atoms with Crippen LogP contribution >= 0.6 is 11.6 Å². The SMILES string of the molecule is CCC(C)CC(=O)NCC(CC)CCCl. The van der Waals surface area contributed by atoms with Crippen molar-refractivity contribution in [2.24, 2.45) is 11.8 Å². The molecule has 0 saturated carbocycles. The van der Waals surface area contributed by atoms with Crippen molar-refractivity contribution in [3.63, 3.8) is 0 Å². The Morgan fingerprint density at radius 1 is 1.33 bits per heavy atom. The van der Waals surface area contributed by atoms with E-state index in [4.69, 9.17) is 11.6 Å². The van der Waals surface area contributed by atoms with E-state index < -0.39 is 0 Å². The normalized spacial score (nSPS) is 14.7. The molecule has 0 radical (unpaired) electrons. The molecule has 2 atom stereocenters. The van der Waals surface area contributed by atoms with Crippen LogP contribution in [0.3, 0.4) is 0 Å². The van der Waals surface area contributed by atoms with Crippen LogP contribution in [-0.4, -0.2) is 18.3 Å². The predicted octanol–water partition coefficient (Wildman–Crippen LogP) is 3.19. The van der Waals surface area contributed by atoms with Crippen LogP contribution in [-0.2, 0) is 4.79 Å². The molecule has 0 heterocycles. The van der Waals surface area contributed by atoms with Crippen molar-refractivity contribution in [2.75, 3.05) is 12.4 Å². The number of nitrogens with one attached hydrogen (secondary N) is 1. The number of rotatable bonds is 8. The second-order valence-electron chi connectivity index (χ2n) is 4.27. The molecule has 0 bridgehead atoms. The third-order valence-electron chi connectivity index (χ3n) is 2.91. The molecule has 0 aliphatic rings. The summed E-state index contributed by atoms with van der Waals surface area (Å²) in [5.74, 6) is 1.87. The second-order valence-corrected chi connectivity index (χ2v) is 4.65. The standard InChI is InChI=1S/C12H24ClNO/c1-4-10(3)8-12(15)14-9-11(5-2)6-7-13/h10-11H,4-9H2,1-3H3,(H,14,15). The molecule has 3 heteroatoms. The van der Waals surface area contributed by atoms with Gasteiger partial charge in [-0.3, -0.25) is 4.79 Å². The van der Waals surface area contributed by atoms with E-state index in [1.165, 1.54) is 0 Å². The van der Waals surface area contributed by atoms with Crippen molar-refractivity contribution >= 4 is 17.5 Å². The molecule has 0 saturated heterocycles. The highest BCUT2D eigenvalue weighted by Crippen LogP contribution is 2.09. The first kappa shape index (κ1) is 14.8. The predicted molar refractivity (Wildman–Crippen MR) is 66.2 cm³/mol. The first-order chi connectivity index (χ1) is 7.13. The van der Waals surface area contributed by atoms with Gasteiger partial charge >= 0.3 is 0 Å². The fourth-order valence-electron chi connectivity index (χ4n) is 1.40. The van der Waals surface area contributed by atoms with E-state index in [1.54, 1.807) is 0 Å². The molecular weight excluding hydrogens is 210 g/mol. The molecule has 0 aromatic carbocycles. The topological polar surface area (TPSA) is 29.1 Å². The smallest absolute Gasteiger partial charge is 0.220 e. The van der Waals surface area contributed by atoms with Crippen molar-refractivity contribution < 1.29 is 4.79 Å². The average Bonchev–Trinajstić information content (AvgIpc) is 2.23. The van der Waals surface area contributed by atoms with Gasteiger partial charge in [0.25, 0.3) is 0 Å². The summed E-state index contributed by atoms with van der Waals surface area (Å²) in [6.45, 7) is 7.13. The summed E-state index contributed by atoms with van der Waals surface area (Å²) >= 11 is 5.68. The Labute approximate surface area is 98.8 Å². The van der Waals surface area contributed by atoms with Gasteiger partial charge in [-0.2, -0.15) is 0 Å². The van der Waals surface area contributed by atoms with E-state index >= 15 is 0 Å². The van der Waals surface area contributed by atoms with Crippen LogP contribution in [0.25, 0.3) is 0 Å². The van der Waals surface area contributed by atoms with Crippen LogP contribution in [0.1, 0.15) is 46.5 Å². The van der Waals surface area contributed by atoms with Gasteiger partial charge < -0.3 is 5.32 Å². The highest BCUT2D eigenvalue weighted by atomic mass is 35.5. The number of hydrogen-bond acceptors (Lipinski definition) is 1. The maximum absolute atomic E-state index is 11.5. The van der Waals surface area contributed by atoms with Gasteiger partial charge in [0.2, 0.25) is 5.91 Å². The Morgan fingerprint density at radius 3 is 2.47 bits per heavy atom. The Bertz CT molecular complexity index is 173. The van der Waals surface area contributed by atoms with Gasteiger partial charge in [0.15, 0.2) is 0 Å². The van der Waals surface area contributed by atoms with E-state index in [2.05, 4.69) is 26.1 Å². The Hall–Kier alpha value is -0.240. The molecule has 0 aliphatic heterocycles. The van der Waals surface area contributed by atoms with Crippen molar-refractivity contribution in [1.29, 1.82) is 0 Å². The quantitative estimate of drug-likeness (QED) is 0.641. The van der Waals surface area contributed by atoms with E-state index in [0.29, 0.717) is 24.1 Å². The van der Waals surface area contributed by atoms with Gasteiger partial charge in [-0.1, -0.05) is 33.6 Å². The monoisotopic (exact) mass is 233 g/mol. The zero-order valence-electron chi connectivity index (χ0n) is 10.2. The van der Waals surface area contributed by atoms with Crippen molar-refractivity contribution in [3.8, 4) is 0 Å². The summed E-state index contributed by atoms with van der Waals surface area (Å²) in [5.41, 5.74) is 0. The average molecular weight is 234 g/mol. The maximum Gasteiger partial charge on any atom is 0.220 e. The van der Waals surface area contributed by atoms with Crippen LogP contribution in [0.5, 0.6) is 0 Å². The number of alkyl halides is 1. The molecule has 0 spiro atoms. The van der Waals surface area contributed by atoms with E-state index in [-0.39, 0.29) is 5.91 Å². The van der Waals surface area contributed by atoms with E-state index in [9.17, 15) is 4.79 Å². The maximum atomic E-state index is 11.5. The van der Waals surface area contributed by atoms with Gasteiger partial charge in [0, 0.05) is 18.8 Å². The lowest BCUT2D eigenvalue weighted by Crippen LogP contribution is -2.30. The molecule has 2 nitrogen and oxygen atoms in total. The van der Waals surface area contributed by atoms with Gasteiger partial charge in [-0.25, -0.2) is 0 Å². The van der Waals surface area contributed by atoms with E-state index in [1.807, 2.05) is 0 Å². The van der Waals surface area contributed by atoms with Crippen molar-refractivity contribution in [1.82, 2.24) is 5.32 Å². The summed E-state index contributed by atoms with van der Waals surface area (Å²) in [4.78, 5) is 11.5. The molecule has 0 rings (SSSR count). The van der Waals surface area contributed by atoms with Crippen LogP contribution < -0.4 is 5.32 Å². The number of halogens is 1. The molecule has 0 aliphatic carbocycles. The van der Waals surface area contributed by atoms with Crippen LogP contribution in [0.2, 0.25) is 0 Å². The molecule has 15 heavy (non-hydrogen) atoms. The van der Waals surface area contributed by atoms with Crippen LogP contribution in [0, 0.1) is 11.8 Å². The van der Waals surface area contributed by atoms with Crippen molar-refractivity contribution in [2.45, 2.75) is 46.5 Å². The fourth-order valence-corrected chi connectivity index (χ4v) is 1.70. The minimum absolute atomic E-state index is 0.178. The zero-order chi connectivity index (χ0) is 11.7. The highest BCUT2D eigenvalue weighted by molar-refractivity contribution is 6.17. The largest absolute Gasteiger partial charge is 0.356 e. The molecular formula is C12H24ClNO. The summed E-state index contributed by atoms with van der Waals surface area (Å²) in [6, 6.07) is 0. The van der Waals surface area contributed by atoms with Crippen LogP contribution in [0.4, 0.5) is 0 Å². The summed E-state index contributed by atoms with van der Waals surface area (Å²) in [5, 5.41) is 2.99. The Balaban J connectivity index is 3.68. The molecule has 1 N–H and O–H groups in total. The van der Waals surface area contributed by atoms with Gasteiger partial charge in [-0.15, -0.1) is 11.6 Å². The lowest BCUT2D eigenvalue weighted by atomic mass is 10.0. The fraction of sp³-hybridized carbons (Fsp3) is 0.917. The Kier molecular flexibility index (Phi) is 8.88. The van der Waals surface area contributed by atoms with Gasteiger partial charge in [0.1, 0.15) is 0 Å². The number of carbonyl (C=O) groups excluding carboxylic acids is 1. The van der Waals surface area contributed by atoms with Crippen molar-refractivity contribution in [3.05, 3.63) is 0 Å². The minimum atomic E-state index is 0.178. The summed E-state index contributed by atoms with van der Waals surface area (Å²) in [7, 11) is 0. The number of hydrogen-bond donors (Lipinski definition) is 1. The number of carbonyl (C=O) groups is 1. The first-order valence-electron chi connectivity index (χ1n) is 5.96. The molecule has 90 valence electrons. The summed E-state index contributed by atoms with van der Waals surface area (Å²) in [6.07, 6.45) is 3.78.